The van der Waals surface area contributed by atoms with Crippen molar-refractivity contribution in [3.63, 3.8) is 0 Å². The van der Waals surface area contributed by atoms with Crippen molar-refractivity contribution >= 4 is 0 Å². The van der Waals surface area contributed by atoms with Gasteiger partial charge >= 0.3 is 0 Å². The minimum atomic E-state index is 0.221. The topological polar surface area (TPSA) is 27.0 Å². The number of rotatable bonds is 0. The monoisotopic (exact) mass is 186 g/mol. The van der Waals surface area contributed by atoms with E-state index in [1.807, 2.05) is 17.1 Å². The van der Waals surface area contributed by atoms with E-state index in [0.29, 0.717) is 5.92 Å². The van der Waals surface area contributed by atoms with E-state index in [9.17, 15) is 0 Å². The highest BCUT2D eigenvalue weighted by Gasteiger charge is 2.27. The van der Waals surface area contributed by atoms with Crippen LogP contribution in [0.15, 0.2) is 36.5 Å². The summed E-state index contributed by atoms with van der Waals surface area (Å²) in [6.45, 7) is 2.16. The molecule has 2 heterocycles. The Morgan fingerprint density at radius 2 is 2.07 bits per heavy atom. The van der Waals surface area contributed by atoms with Gasteiger partial charge in [-0.15, -0.1) is 0 Å². The Kier molecular flexibility index (Phi) is 2.41. The van der Waals surface area contributed by atoms with Crippen molar-refractivity contribution in [1.82, 2.24) is 4.90 Å². The van der Waals surface area contributed by atoms with E-state index in [0.717, 1.165) is 6.42 Å². The van der Waals surface area contributed by atoms with Gasteiger partial charge < -0.3 is 0 Å². The fourth-order valence-electron chi connectivity index (χ4n) is 2.08. The van der Waals surface area contributed by atoms with Crippen LogP contribution in [0.2, 0.25) is 0 Å². The molecule has 0 aromatic carbocycles. The lowest BCUT2D eigenvalue weighted by atomic mass is 10.0. The highest BCUT2D eigenvalue weighted by molar-refractivity contribution is 5.21. The van der Waals surface area contributed by atoms with Gasteiger partial charge in [0.1, 0.15) is 0 Å². The molecule has 2 bridgehead atoms. The SMILES string of the molecule is CC1C=CCC2C=CC=CC1N2C#N. The first-order valence-electron chi connectivity index (χ1n) is 5.02. The lowest BCUT2D eigenvalue weighted by Crippen LogP contribution is -2.38. The van der Waals surface area contributed by atoms with Crippen molar-refractivity contribution in [3.05, 3.63) is 36.5 Å². The van der Waals surface area contributed by atoms with E-state index < -0.39 is 0 Å². The Bertz CT molecular complexity index is 333. The third-order valence-electron chi connectivity index (χ3n) is 2.90. The Morgan fingerprint density at radius 1 is 1.29 bits per heavy atom. The highest BCUT2D eigenvalue weighted by Crippen LogP contribution is 2.24. The number of allylic oxidation sites excluding steroid dienone is 2. The molecule has 2 nitrogen and oxygen atoms in total. The van der Waals surface area contributed by atoms with Gasteiger partial charge in [0.15, 0.2) is 6.19 Å². The summed E-state index contributed by atoms with van der Waals surface area (Å²) >= 11 is 0. The maximum atomic E-state index is 9.14. The highest BCUT2D eigenvalue weighted by atomic mass is 15.2. The van der Waals surface area contributed by atoms with Crippen LogP contribution in [-0.4, -0.2) is 17.0 Å². The lowest BCUT2D eigenvalue weighted by Gasteiger charge is -2.29. The first-order valence-corrected chi connectivity index (χ1v) is 5.02. The number of hydrogen-bond donors (Lipinski definition) is 0. The Labute approximate surface area is 84.8 Å². The average molecular weight is 186 g/mol. The molecule has 0 amide bonds. The zero-order valence-corrected chi connectivity index (χ0v) is 8.30. The molecule has 2 rings (SSSR count). The third kappa shape index (κ3) is 1.46. The zero-order chi connectivity index (χ0) is 9.97. The quantitative estimate of drug-likeness (QED) is 0.428. The molecule has 3 atom stereocenters. The largest absolute Gasteiger partial charge is 0.296 e. The van der Waals surface area contributed by atoms with Crippen molar-refractivity contribution in [2.24, 2.45) is 5.92 Å². The van der Waals surface area contributed by atoms with Gasteiger partial charge in [-0.25, -0.2) is 0 Å². The second-order valence-electron chi connectivity index (χ2n) is 3.86. The van der Waals surface area contributed by atoms with E-state index in [4.69, 9.17) is 5.26 Å². The van der Waals surface area contributed by atoms with E-state index in [2.05, 4.69) is 37.4 Å². The second kappa shape index (κ2) is 3.71. The number of hydrogen-bond acceptors (Lipinski definition) is 2. The van der Waals surface area contributed by atoms with Crippen LogP contribution in [0.25, 0.3) is 0 Å². The fraction of sp³-hybridized carbons (Fsp3) is 0.417. The predicted octanol–water partition coefficient (Wildman–Crippen LogP) is 2.23. The van der Waals surface area contributed by atoms with Crippen LogP contribution in [0, 0.1) is 17.4 Å². The smallest absolute Gasteiger partial charge is 0.180 e. The summed E-state index contributed by atoms with van der Waals surface area (Å²) in [5.74, 6) is 0.413. The summed E-state index contributed by atoms with van der Waals surface area (Å²) in [6, 6.07) is 0.458. The molecule has 72 valence electrons. The predicted molar refractivity (Wildman–Crippen MR) is 56.2 cm³/mol. The molecular formula is C12H14N2. The Hall–Kier alpha value is -1.49. The Balaban J connectivity index is 2.38. The minimum absolute atomic E-state index is 0.221. The van der Waals surface area contributed by atoms with E-state index in [1.165, 1.54) is 0 Å². The normalized spacial score (nSPS) is 34.9. The molecule has 0 aliphatic carbocycles. The molecule has 0 radical (unpaired) electrons. The van der Waals surface area contributed by atoms with Gasteiger partial charge in [-0.3, -0.25) is 4.90 Å². The van der Waals surface area contributed by atoms with Gasteiger partial charge in [0.05, 0.1) is 12.1 Å². The summed E-state index contributed by atoms with van der Waals surface area (Å²) in [6.07, 6.45) is 15.9. The Morgan fingerprint density at radius 3 is 2.86 bits per heavy atom. The van der Waals surface area contributed by atoms with Crippen LogP contribution >= 0.6 is 0 Å². The molecule has 14 heavy (non-hydrogen) atoms. The summed E-state index contributed by atoms with van der Waals surface area (Å²) in [7, 11) is 0. The standard InChI is InChI=1S/C12H14N2/c1-10-5-4-7-11-6-2-3-8-12(10)14(11)9-13/h2-6,8,10-12H,7H2,1H3. The molecule has 2 aliphatic heterocycles. The van der Waals surface area contributed by atoms with Crippen LogP contribution in [-0.2, 0) is 0 Å². The van der Waals surface area contributed by atoms with Gasteiger partial charge in [-0.2, -0.15) is 5.26 Å². The van der Waals surface area contributed by atoms with Gasteiger partial charge in [-0.05, 0) is 12.3 Å². The first-order chi connectivity index (χ1) is 6.83. The zero-order valence-electron chi connectivity index (χ0n) is 8.30. The van der Waals surface area contributed by atoms with Crippen LogP contribution in [0.4, 0.5) is 0 Å². The molecule has 0 N–H and O–H groups in total. The number of fused-ring (bicyclic) bond motifs is 2. The minimum Gasteiger partial charge on any atom is -0.296 e. The molecule has 2 aliphatic rings. The van der Waals surface area contributed by atoms with Crippen molar-refractivity contribution < 1.29 is 0 Å². The van der Waals surface area contributed by atoms with E-state index >= 15 is 0 Å². The maximum Gasteiger partial charge on any atom is 0.180 e. The average Bonchev–Trinajstić information content (AvgIpc) is 2.47. The molecule has 0 aromatic rings. The van der Waals surface area contributed by atoms with Gasteiger partial charge in [-0.1, -0.05) is 43.4 Å². The first kappa shape index (κ1) is 9.08. The van der Waals surface area contributed by atoms with Gasteiger partial charge in [0.25, 0.3) is 0 Å². The van der Waals surface area contributed by atoms with Crippen molar-refractivity contribution in [3.8, 4) is 6.19 Å². The molecule has 0 aromatic heterocycles. The van der Waals surface area contributed by atoms with Gasteiger partial charge in [0, 0.05) is 0 Å². The molecule has 0 saturated heterocycles. The molecule has 0 saturated carbocycles. The van der Waals surface area contributed by atoms with E-state index in [-0.39, 0.29) is 12.1 Å². The maximum absolute atomic E-state index is 9.14. The van der Waals surface area contributed by atoms with E-state index in [1.54, 1.807) is 0 Å². The molecule has 3 unspecified atom stereocenters. The van der Waals surface area contributed by atoms with Crippen molar-refractivity contribution in [2.45, 2.75) is 25.4 Å². The summed E-state index contributed by atoms with van der Waals surface area (Å²) in [5.41, 5.74) is 0. The van der Waals surface area contributed by atoms with Gasteiger partial charge in [0.2, 0.25) is 0 Å². The summed E-state index contributed by atoms with van der Waals surface area (Å²) in [5, 5.41) is 9.14. The molecule has 2 heteroatoms. The van der Waals surface area contributed by atoms with Crippen LogP contribution in [0.5, 0.6) is 0 Å². The van der Waals surface area contributed by atoms with Crippen molar-refractivity contribution in [1.29, 1.82) is 5.26 Å². The van der Waals surface area contributed by atoms with Crippen molar-refractivity contribution in [2.75, 3.05) is 0 Å². The fourth-order valence-corrected chi connectivity index (χ4v) is 2.08. The second-order valence-corrected chi connectivity index (χ2v) is 3.86. The van der Waals surface area contributed by atoms with Crippen LogP contribution in [0.1, 0.15) is 13.3 Å². The molecule has 0 spiro atoms. The lowest BCUT2D eigenvalue weighted by molar-refractivity contribution is 0.260. The molecule has 0 fully saturated rings. The summed E-state index contributed by atoms with van der Waals surface area (Å²) in [4.78, 5) is 1.89. The van der Waals surface area contributed by atoms with Crippen LogP contribution in [0.3, 0.4) is 0 Å². The number of nitriles is 1. The molecular weight excluding hydrogens is 172 g/mol. The van der Waals surface area contributed by atoms with Crippen LogP contribution < -0.4 is 0 Å². The number of nitrogens with zero attached hydrogens (tertiary/aromatic N) is 2. The summed E-state index contributed by atoms with van der Waals surface area (Å²) < 4.78 is 0. The third-order valence-corrected chi connectivity index (χ3v) is 2.90.